The highest BCUT2D eigenvalue weighted by Gasteiger charge is 2.24. The van der Waals surface area contributed by atoms with Gasteiger partial charge in [-0.25, -0.2) is 12.7 Å². The lowest BCUT2D eigenvalue weighted by Gasteiger charge is -2.25. The second-order valence-electron chi connectivity index (χ2n) is 6.94. The second-order valence-corrected chi connectivity index (χ2v) is 9.50. The van der Waals surface area contributed by atoms with Gasteiger partial charge in [-0.1, -0.05) is 41.9 Å². The average molecular weight is 424 g/mol. The van der Waals surface area contributed by atoms with Crippen LogP contribution in [-0.4, -0.2) is 69.7 Å². The minimum absolute atomic E-state index is 0.0394. The summed E-state index contributed by atoms with van der Waals surface area (Å²) in [5.41, 5.74) is 1.17. The molecule has 2 rings (SSSR count). The van der Waals surface area contributed by atoms with Gasteiger partial charge in [-0.05, 0) is 37.9 Å². The van der Waals surface area contributed by atoms with Gasteiger partial charge in [0.05, 0.1) is 15.5 Å². The third kappa shape index (κ3) is 5.54. The molecule has 0 saturated carbocycles. The molecule has 2 aromatic carbocycles. The number of sulfonamides is 1. The van der Waals surface area contributed by atoms with Crippen LogP contribution in [0.4, 0.5) is 0 Å². The van der Waals surface area contributed by atoms with Crippen molar-refractivity contribution in [3.05, 3.63) is 64.7 Å². The molecule has 152 valence electrons. The van der Waals surface area contributed by atoms with Crippen molar-refractivity contribution >= 4 is 27.5 Å². The molecule has 0 bridgehead atoms. The summed E-state index contributed by atoms with van der Waals surface area (Å²) in [6.07, 6.45) is 0. The predicted octanol–water partition coefficient (Wildman–Crippen LogP) is 2.79. The van der Waals surface area contributed by atoms with E-state index in [1.165, 1.54) is 32.3 Å². The Labute approximate surface area is 172 Å². The highest BCUT2D eigenvalue weighted by molar-refractivity contribution is 7.89. The fraction of sp³-hybridized carbons (Fsp3) is 0.350. The molecule has 0 fully saturated rings. The van der Waals surface area contributed by atoms with Crippen molar-refractivity contribution in [2.24, 2.45) is 0 Å². The average Bonchev–Trinajstić information content (AvgIpc) is 2.65. The summed E-state index contributed by atoms with van der Waals surface area (Å²) < 4.78 is 26.0. The zero-order chi connectivity index (χ0) is 20.9. The predicted molar refractivity (Wildman–Crippen MR) is 112 cm³/mol. The Kier molecular flexibility index (Phi) is 7.60. The summed E-state index contributed by atoms with van der Waals surface area (Å²) in [5.74, 6) is -0.300. The van der Waals surface area contributed by atoms with Crippen LogP contribution in [0.15, 0.2) is 53.4 Å². The number of nitrogens with zero attached hydrogens (tertiary/aromatic N) is 3. The zero-order valence-electron chi connectivity index (χ0n) is 16.6. The van der Waals surface area contributed by atoms with Crippen LogP contribution in [-0.2, 0) is 16.6 Å². The Balaban J connectivity index is 2.39. The van der Waals surface area contributed by atoms with Crippen LogP contribution in [0, 0.1) is 0 Å². The van der Waals surface area contributed by atoms with Gasteiger partial charge in [-0.15, -0.1) is 0 Å². The normalized spacial score (nSPS) is 11.8. The first kappa shape index (κ1) is 22.4. The van der Waals surface area contributed by atoms with Gasteiger partial charge in [0.25, 0.3) is 5.91 Å². The molecule has 0 N–H and O–H groups in total. The SMILES string of the molecule is CN(C)CCN(Cc1ccccc1)C(=O)c1cc(S(=O)(=O)N(C)C)ccc1Cl. The van der Waals surface area contributed by atoms with Gasteiger partial charge in [-0.3, -0.25) is 4.79 Å². The molecule has 0 radical (unpaired) electrons. The molecule has 0 aliphatic heterocycles. The Morgan fingerprint density at radius 2 is 1.61 bits per heavy atom. The van der Waals surface area contributed by atoms with Crippen molar-refractivity contribution < 1.29 is 13.2 Å². The van der Waals surface area contributed by atoms with Crippen molar-refractivity contribution in [2.45, 2.75) is 11.4 Å². The monoisotopic (exact) mass is 423 g/mol. The maximum atomic E-state index is 13.2. The molecular formula is C20H26ClN3O3S. The van der Waals surface area contributed by atoms with E-state index in [1.54, 1.807) is 4.90 Å². The summed E-state index contributed by atoms with van der Waals surface area (Å²) in [6, 6.07) is 13.9. The van der Waals surface area contributed by atoms with Crippen LogP contribution < -0.4 is 0 Å². The smallest absolute Gasteiger partial charge is 0.255 e. The molecule has 0 heterocycles. The molecular weight excluding hydrogens is 398 g/mol. The topological polar surface area (TPSA) is 60.9 Å². The van der Waals surface area contributed by atoms with Crippen molar-refractivity contribution in [3.63, 3.8) is 0 Å². The molecule has 1 amide bonds. The number of halogens is 1. The van der Waals surface area contributed by atoms with Crippen molar-refractivity contribution in [1.29, 1.82) is 0 Å². The van der Waals surface area contributed by atoms with Crippen molar-refractivity contribution in [2.75, 3.05) is 41.3 Å². The third-order valence-electron chi connectivity index (χ3n) is 4.27. The Morgan fingerprint density at radius 1 is 0.964 bits per heavy atom. The van der Waals surface area contributed by atoms with Crippen LogP contribution in [0.1, 0.15) is 15.9 Å². The minimum Gasteiger partial charge on any atom is -0.333 e. The molecule has 2 aromatic rings. The van der Waals surface area contributed by atoms with Gasteiger partial charge in [0.15, 0.2) is 0 Å². The number of hydrogen-bond donors (Lipinski definition) is 0. The Morgan fingerprint density at radius 3 is 2.18 bits per heavy atom. The summed E-state index contributed by atoms with van der Waals surface area (Å²) in [7, 11) is 3.10. The van der Waals surface area contributed by atoms with Crippen LogP contribution >= 0.6 is 11.6 Å². The summed E-state index contributed by atoms with van der Waals surface area (Å²) >= 11 is 6.26. The van der Waals surface area contributed by atoms with Crippen molar-refractivity contribution in [1.82, 2.24) is 14.1 Å². The highest BCUT2D eigenvalue weighted by atomic mass is 35.5. The third-order valence-corrected chi connectivity index (χ3v) is 6.41. The largest absolute Gasteiger partial charge is 0.333 e. The fourth-order valence-electron chi connectivity index (χ4n) is 2.59. The van der Waals surface area contributed by atoms with Crippen LogP contribution in [0.5, 0.6) is 0 Å². The van der Waals surface area contributed by atoms with E-state index in [9.17, 15) is 13.2 Å². The summed E-state index contributed by atoms with van der Waals surface area (Å²) in [4.78, 5) is 17.0. The molecule has 0 aromatic heterocycles. The summed E-state index contributed by atoms with van der Waals surface area (Å²) in [5, 5.41) is 0.227. The standard InChI is InChI=1S/C20H26ClN3O3S/c1-22(2)12-13-24(15-16-8-6-5-7-9-16)20(25)18-14-17(10-11-19(18)21)28(26,27)23(3)4/h5-11,14H,12-13,15H2,1-4H3. The van der Waals surface area contributed by atoms with E-state index in [0.717, 1.165) is 9.87 Å². The summed E-state index contributed by atoms with van der Waals surface area (Å²) in [6.45, 7) is 1.57. The molecule has 0 saturated heterocycles. The molecule has 0 aliphatic carbocycles. The van der Waals surface area contributed by atoms with E-state index in [4.69, 9.17) is 11.6 Å². The van der Waals surface area contributed by atoms with Crippen LogP contribution in [0.3, 0.4) is 0 Å². The number of carbonyl (C=O) groups excluding carboxylic acids is 1. The number of amides is 1. The first-order chi connectivity index (χ1) is 13.1. The minimum atomic E-state index is -3.66. The molecule has 0 unspecified atom stereocenters. The van der Waals surface area contributed by atoms with E-state index >= 15 is 0 Å². The molecule has 0 atom stereocenters. The number of hydrogen-bond acceptors (Lipinski definition) is 4. The maximum Gasteiger partial charge on any atom is 0.255 e. The Hall–Kier alpha value is -1.93. The van der Waals surface area contributed by atoms with Gasteiger partial charge in [0.1, 0.15) is 0 Å². The van der Waals surface area contributed by atoms with Crippen LogP contribution in [0.2, 0.25) is 5.02 Å². The highest BCUT2D eigenvalue weighted by Crippen LogP contribution is 2.24. The van der Waals surface area contributed by atoms with E-state index < -0.39 is 10.0 Å². The molecule has 6 nitrogen and oxygen atoms in total. The van der Waals surface area contributed by atoms with E-state index in [1.807, 2.05) is 49.3 Å². The molecule has 28 heavy (non-hydrogen) atoms. The van der Waals surface area contributed by atoms with E-state index in [0.29, 0.717) is 19.6 Å². The van der Waals surface area contributed by atoms with Crippen molar-refractivity contribution in [3.8, 4) is 0 Å². The van der Waals surface area contributed by atoms with Gasteiger partial charge in [-0.2, -0.15) is 0 Å². The van der Waals surface area contributed by atoms with E-state index in [-0.39, 0.29) is 21.4 Å². The van der Waals surface area contributed by atoms with Gasteiger partial charge < -0.3 is 9.80 Å². The van der Waals surface area contributed by atoms with Gasteiger partial charge >= 0.3 is 0 Å². The number of carbonyl (C=O) groups is 1. The fourth-order valence-corrected chi connectivity index (χ4v) is 3.71. The quantitative estimate of drug-likeness (QED) is 0.655. The Bertz CT molecular complexity index is 916. The number of benzene rings is 2. The van der Waals surface area contributed by atoms with Gasteiger partial charge in [0.2, 0.25) is 10.0 Å². The lowest BCUT2D eigenvalue weighted by atomic mass is 10.1. The molecule has 0 spiro atoms. The first-order valence-corrected chi connectivity index (χ1v) is 10.6. The molecule has 8 heteroatoms. The lowest BCUT2D eigenvalue weighted by Crippen LogP contribution is -2.36. The second kappa shape index (κ2) is 9.52. The first-order valence-electron chi connectivity index (χ1n) is 8.83. The maximum absolute atomic E-state index is 13.2. The van der Waals surface area contributed by atoms with E-state index in [2.05, 4.69) is 0 Å². The van der Waals surface area contributed by atoms with Gasteiger partial charge in [0, 0.05) is 33.7 Å². The van der Waals surface area contributed by atoms with Crippen LogP contribution in [0.25, 0.3) is 0 Å². The molecule has 0 aliphatic rings. The number of rotatable bonds is 8. The zero-order valence-corrected chi connectivity index (χ0v) is 18.2. The number of likely N-dealkylation sites (N-methyl/N-ethyl adjacent to an activating group) is 1. The lowest BCUT2D eigenvalue weighted by molar-refractivity contribution is 0.0732.